The Morgan fingerprint density at radius 2 is 1.78 bits per heavy atom. The number of benzene rings is 2. The molecule has 5 heteroatoms. The Hall–Kier alpha value is -2.82. The number of hydrogen-bond acceptors (Lipinski definition) is 4. The average Bonchev–Trinajstić information content (AvgIpc) is 2.56. The lowest BCUT2D eigenvalue weighted by Crippen LogP contribution is -2.17. The second-order valence-corrected chi connectivity index (χ2v) is 5.14. The molecular weight excluding hydrogens is 290 g/mol. The zero-order chi connectivity index (χ0) is 16.7. The highest BCUT2D eigenvalue weighted by Crippen LogP contribution is 2.12. The van der Waals surface area contributed by atoms with Gasteiger partial charge in [0.25, 0.3) is 5.91 Å². The van der Waals surface area contributed by atoms with Crippen LogP contribution in [0.5, 0.6) is 5.75 Å². The van der Waals surface area contributed by atoms with Crippen molar-refractivity contribution in [2.24, 2.45) is 5.10 Å². The normalized spacial score (nSPS) is 10.6. The predicted molar refractivity (Wildman–Crippen MR) is 93.4 cm³/mol. The van der Waals surface area contributed by atoms with Gasteiger partial charge in [0.05, 0.1) is 12.8 Å². The smallest absolute Gasteiger partial charge is 0.271 e. The van der Waals surface area contributed by atoms with Crippen LogP contribution in [0.4, 0.5) is 5.69 Å². The standard InChI is InChI=1S/C18H21N3O2/c1-4-23-17-11-7-15(8-12-17)18(22)20-19-13-14-5-9-16(10-6-14)21(2)3/h5-13H,4H2,1-3H3,(H,20,22)/b19-13+. The van der Waals surface area contributed by atoms with Gasteiger partial charge in [-0.15, -0.1) is 0 Å². The van der Waals surface area contributed by atoms with Crippen LogP contribution in [-0.2, 0) is 0 Å². The summed E-state index contributed by atoms with van der Waals surface area (Å²) in [5.41, 5.74) is 5.08. The molecule has 1 amide bonds. The minimum atomic E-state index is -0.255. The van der Waals surface area contributed by atoms with Crippen LogP contribution in [0.1, 0.15) is 22.8 Å². The first-order valence-corrected chi connectivity index (χ1v) is 7.44. The lowest BCUT2D eigenvalue weighted by atomic mass is 10.2. The van der Waals surface area contributed by atoms with Crippen LogP contribution < -0.4 is 15.1 Å². The third-order valence-electron chi connectivity index (χ3n) is 3.22. The number of hydrogen-bond donors (Lipinski definition) is 1. The summed E-state index contributed by atoms with van der Waals surface area (Å²) in [5, 5.41) is 3.98. The minimum absolute atomic E-state index is 0.255. The number of carbonyl (C=O) groups excluding carboxylic acids is 1. The van der Waals surface area contributed by atoms with E-state index in [1.807, 2.05) is 50.2 Å². The molecule has 0 saturated carbocycles. The van der Waals surface area contributed by atoms with Crippen LogP contribution >= 0.6 is 0 Å². The third-order valence-corrected chi connectivity index (χ3v) is 3.22. The van der Waals surface area contributed by atoms with E-state index in [1.165, 1.54) is 0 Å². The maximum Gasteiger partial charge on any atom is 0.271 e. The van der Waals surface area contributed by atoms with Crippen molar-refractivity contribution >= 4 is 17.8 Å². The second-order valence-electron chi connectivity index (χ2n) is 5.14. The minimum Gasteiger partial charge on any atom is -0.494 e. The maximum absolute atomic E-state index is 12.0. The summed E-state index contributed by atoms with van der Waals surface area (Å²) in [6, 6.07) is 14.8. The van der Waals surface area contributed by atoms with Crippen LogP contribution in [0, 0.1) is 0 Å². The van der Waals surface area contributed by atoms with Crippen molar-refractivity contribution < 1.29 is 9.53 Å². The molecule has 0 fully saturated rings. The predicted octanol–water partition coefficient (Wildman–Crippen LogP) is 2.92. The topological polar surface area (TPSA) is 53.9 Å². The molecule has 0 radical (unpaired) electrons. The molecule has 0 aliphatic rings. The van der Waals surface area contributed by atoms with Gasteiger partial charge in [-0.25, -0.2) is 5.43 Å². The van der Waals surface area contributed by atoms with Crippen LogP contribution in [0.3, 0.4) is 0 Å². The van der Waals surface area contributed by atoms with E-state index in [-0.39, 0.29) is 5.91 Å². The molecule has 0 atom stereocenters. The summed E-state index contributed by atoms with van der Waals surface area (Å²) < 4.78 is 5.34. The van der Waals surface area contributed by atoms with E-state index in [2.05, 4.69) is 10.5 Å². The molecule has 0 spiro atoms. The highest BCUT2D eigenvalue weighted by Gasteiger charge is 2.04. The zero-order valence-electron chi connectivity index (χ0n) is 13.6. The highest BCUT2D eigenvalue weighted by molar-refractivity contribution is 5.95. The molecule has 0 saturated heterocycles. The fraction of sp³-hybridized carbons (Fsp3) is 0.222. The van der Waals surface area contributed by atoms with Gasteiger partial charge >= 0.3 is 0 Å². The molecule has 0 aromatic heterocycles. The summed E-state index contributed by atoms with van der Waals surface area (Å²) in [7, 11) is 3.97. The molecule has 0 bridgehead atoms. The van der Waals surface area contributed by atoms with Gasteiger partial charge in [-0.05, 0) is 48.9 Å². The Labute approximate surface area is 136 Å². The Bertz CT molecular complexity index is 662. The van der Waals surface area contributed by atoms with E-state index in [4.69, 9.17) is 4.74 Å². The van der Waals surface area contributed by atoms with Crippen molar-refractivity contribution in [1.29, 1.82) is 0 Å². The van der Waals surface area contributed by atoms with E-state index >= 15 is 0 Å². The molecule has 2 aromatic rings. The zero-order valence-corrected chi connectivity index (χ0v) is 13.6. The summed E-state index contributed by atoms with van der Waals surface area (Å²) in [4.78, 5) is 14.0. The Kier molecular flexibility index (Phi) is 5.74. The Morgan fingerprint density at radius 3 is 2.35 bits per heavy atom. The van der Waals surface area contributed by atoms with E-state index in [9.17, 15) is 4.79 Å². The van der Waals surface area contributed by atoms with Gasteiger partial charge in [-0.2, -0.15) is 5.10 Å². The largest absolute Gasteiger partial charge is 0.494 e. The number of nitrogens with zero attached hydrogens (tertiary/aromatic N) is 2. The SMILES string of the molecule is CCOc1ccc(C(=O)N/N=C/c2ccc(N(C)C)cc2)cc1. The van der Waals surface area contributed by atoms with Gasteiger partial charge in [0, 0.05) is 25.3 Å². The average molecular weight is 311 g/mol. The first-order chi connectivity index (χ1) is 11.1. The molecule has 2 aromatic carbocycles. The Balaban J connectivity index is 1.92. The van der Waals surface area contributed by atoms with Gasteiger partial charge in [0.2, 0.25) is 0 Å². The van der Waals surface area contributed by atoms with Crippen molar-refractivity contribution in [3.05, 3.63) is 59.7 Å². The highest BCUT2D eigenvalue weighted by atomic mass is 16.5. The molecule has 0 aliphatic carbocycles. The monoisotopic (exact) mass is 311 g/mol. The molecule has 0 unspecified atom stereocenters. The molecular formula is C18H21N3O2. The lowest BCUT2D eigenvalue weighted by molar-refractivity contribution is 0.0955. The fourth-order valence-electron chi connectivity index (χ4n) is 1.96. The summed E-state index contributed by atoms with van der Waals surface area (Å²) in [6.45, 7) is 2.52. The van der Waals surface area contributed by atoms with Crippen LogP contribution in [0.2, 0.25) is 0 Å². The third kappa shape index (κ3) is 4.85. The summed E-state index contributed by atoms with van der Waals surface area (Å²) in [5.74, 6) is 0.489. The van der Waals surface area contributed by atoms with Crippen molar-refractivity contribution in [2.45, 2.75) is 6.92 Å². The van der Waals surface area contributed by atoms with Gasteiger partial charge in [-0.3, -0.25) is 4.79 Å². The van der Waals surface area contributed by atoms with E-state index in [1.54, 1.807) is 30.5 Å². The van der Waals surface area contributed by atoms with Crippen LogP contribution in [0.15, 0.2) is 53.6 Å². The van der Waals surface area contributed by atoms with Crippen molar-refractivity contribution in [1.82, 2.24) is 5.43 Å². The number of hydrazone groups is 1. The van der Waals surface area contributed by atoms with E-state index in [0.717, 1.165) is 17.0 Å². The summed E-state index contributed by atoms with van der Waals surface area (Å²) >= 11 is 0. The molecule has 0 heterocycles. The second kappa shape index (κ2) is 7.98. The number of carbonyl (C=O) groups is 1. The van der Waals surface area contributed by atoms with Gasteiger partial charge in [0.1, 0.15) is 5.75 Å². The fourth-order valence-corrected chi connectivity index (χ4v) is 1.96. The molecule has 23 heavy (non-hydrogen) atoms. The number of rotatable bonds is 6. The number of ether oxygens (including phenoxy) is 1. The van der Waals surface area contributed by atoms with Crippen LogP contribution in [0.25, 0.3) is 0 Å². The first-order valence-electron chi connectivity index (χ1n) is 7.44. The van der Waals surface area contributed by atoms with E-state index < -0.39 is 0 Å². The maximum atomic E-state index is 12.0. The van der Waals surface area contributed by atoms with Crippen molar-refractivity contribution in [3.63, 3.8) is 0 Å². The van der Waals surface area contributed by atoms with Crippen molar-refractivity contribution in [2.75, 3.05) is 25.6 Å². The van der Waals surface area contributed by atoms with E-state index in [0.29, 0.717) is 12.2 Å². The molecule has 2 rings (SSSR count). The van der Waals surface area contributed by atoms with Crippen LogP contribution in [-0.4, -0.2) is 32.8 Å². The Morgan fingerprint density at radius 1 is 1.13 bits per heavy atom. The number of anilines is 1. The molecule has 1 N–H and O–H groups in total. The number of amides is 1. The van der Waals surface area contributed by atoms with Gasteiger partial charge < -0.3 is 9.64 Å². The molecule has 5 nitrogen and oxygen atoms in total. The summed E-state index contributed by atoms with van der Waals surface area (Å²) in [6.07, 6.45) is 1.62. The molecule has 0 aliphatic heterocycles. The van der Waals surface area contributed by atoms with Crippen molar-refractivity contribution in [3.8, 4) is 5.75 Å². The van der Waals surface area contributed by atoms with Gasteiger partial charge in [-0.1, -0.05) is 12.1 Å². The quantitative estimate of drug-likeness (QED) is 0.659. The lowest BCUT2D eigenvalue weighted by Gasteiger charge is -2.11. The molecule has 120 valence electrons. The van der Waals surface area contributed by atoms with Gasteiger partial charge in [0.15, 0.2) is 0 Å². The number of nitrogens with one attached hydrogen (secondary N) is 1. The first kappa shape index (κ1) is 16.5.